The fourth-order valence-corrected chi connectivity index (χ4v) is 6.28. The van der Waals surface area contributed by atoms with E-state index in [-0.39, 0.29) is 11.0 Å². The highest BCUT2D eigenvalue weighted by Crippen LogP contribution is 2.48. The van der Waals surface area contributed by atoms with Crippen LogP contribution >= 0.6 is 11.8 Å². The first-order valence-corrected chi connectivity index (χ1v) is 12.6. The summed E-state index contributed by atoms with van der Waals surface area (Å²) in [5, 5.41) is 0.858. The van der Waals surface area contributed by atoms with Gasteiger partial charge in [-0.05, 0) is 36.8 Å². The predicted molar refractivity (Wildman–Crippen MR) is 129 cm³/mol. The summed E-state index contributed by atoms with van der Waals surface area (Å²) in [5.41, 5.74) is 5.74. The fourth-order valence-electron chi connectivity index (χ4n) is 5.43. The summed E-state index contributed by atoms with van der Waals surface area (Å²) in [7, 11) is 0. The molecule has 2 aromatic carbocycles. The zero-order valence-corrected chi connectivity index (χ0v) is 19.1. The van der Waals surface area contributed by atoms with Gasteiger partial charge in [-0.2, -0.15) is 0 Å². The zero-order chi connectivity index (χ0) is 21.3. The predicted octanol–water partition coefficient (Wildman–Crippen LogP) is 6.22. The second kappa shape index (κ2) is 8.66. The van der Waals surface area contributed by atoms with Crippen LogP contribution in [0.5, 0.6) is 0 Å². The van der Waals surface area contributed by atoms with Crippen LogP contribution in [0.2, 0.25) is 0 Å². The summed E-state index contributed by atoms with van der Waals surface area (Å²) in [6, 6.07) is 18.9. The highest BCUT2D eigenvalue weighted by Gasteiger charge is 2.43. The number of nitrogens with zero attached hydrogens (tertiary/aromatic N) is 2. The molecule has 3 aromatic rings. The van der Waals surface area contributed by atoms with Crippen molar-refractivity contribution in [3.05, 3.63) is 81.6 Å². The van der Waals surface area contributed by atoms with Crippen LogP contribution in [0, 0.1) is 0 Å². The van der Waals surface area contributed by atoms with E-state index in [1.807, 2.05) is 22.8 Å². The second-order valence-electron chi connectivity index (χ2n) is 9.02. The maximum Gasteiger partial charge on any atom is 0.258 e. The summed E-state index contributed by atoms with van der Waals surface area (Å²) < 4.78 is 1.96. The van der Waals surface area contributed by atoms with Gasteiger partial charge in [-0.1, -0.05) is 92.5 Å². The van der Waals surface area contributed by atoms with E-state index in [0.717, 1.165) is 59.0 Å². The van der Waals surface area contributed by atoms with E-state index < -0.39 is 0 Å². The smallest absolute Gasteiger partial charge is 0.258 e. The Labute approximate surface area is 188 Å². The Bertz CT molecular complexity index is 1130. The normalized spacial score (nSPS) is 16.7. The molecule has 0 unspecified atom stereocenters. The first kappa shape index (κ1) is 20.6. The van der Waals surface area contributed by atoms with Crippen LogP contribution in [0.3, 0.4) is 0 Å². The Balaban J connectivity index is 1.74. The van der Waals surface area contributed by atoms with Gasteiger partial charge in [-0.25, -0.2) is 4.98 Å². The molecule has 1 aromatic heterocycles. The van der Waals surface area contributed by atoms with Crippen molar-refractivity contribution in [2.24, 2.45) is 0 Å². The lowest BCUT2D eigenvalue weighted by atomic mass is 9.62. The molecule has 0 N–H and O–H groups in total. The number of thioether (sulfide) groups is 1. The Kier molecular flexibility index (Phi) is 5.75. The molecule has 4 heteroatoms. The van der Waals surface area contributed by atoms with Crippen LogP contribution in [0.25, 0.3) is 11.3 Å². The topological polar surface area (TPSA) is 34.9 Å². The molecule has 0 radical (unpaired) electrons. The summed E-state index contributed by atoms with van der Waals surface area (Å²) in [4.78, 5) is 19.4. The van der Waals surface area contributed by atoms with Crippen LogP contribution in [-0.2, 0) is 18.4 Å². The first-order valence-electron chi connectivity index (χ1n) is 11.6. The molecule has 2 aliphatic carbocycles. The molecule has 1 spiro atoms. The minimum absolute atomic E-state index is 0.0571. The van der Waals surface area contributed by atoms with E-state index in [0.29, 0.717) is 6.54 Å². The van der Waals surface area contributed by atoms with Crippen molar-refractivity contribution < 1.29 is 0 Å². The molecule has 160 valence electrons. The van der Waals surface area contributed by atoms with E-state index in [1.54, 1.807) is 11.8 Å². The van der Waals surface area contributed by atoms with E-state index in [2.05, 4.69) is 43.3 Å². The van der Waals surface area contributed by atoms with Crippen molar-refractivity contribution in [2.45, 2.75) is 69.0 Å². The highest BCUT2D eigenvalue weighted by atomic mass is 32.2. The minimum atomic E-state index is -0.0571. The maximum absolute atomic E-state index is 14.2. The van der Waals surface area contributed by atoms with Crippen molar-refractivity contribution in [3.63, 3.8) is 0 Å². The molecule has 0 atom stereocenters. The molecule has 1 saturated carbocycles. The second-order valence-corrected chi connectivity index (χ2v) is 10.1. The summed E-state index contributed by atoms with van der Waals surface area (Å²) in [6.07, 6.45) is 7.90. The van der Waals surface area contributed by atoms with Crippen LogP contribution in [0.1, 0.15) is 62.1 Å². The van der Waals surface area contributed by atoms with E-state index >= 15 is 0 Å². The molecular formula is C27H30N2OS. The SMILES string of the molecule is CCCSc1nc2c(c(=O)n1Cc1ccccc1)C1(CCCCC1)Cc1ccccc1-2. The fraction of sp³-hybridized carbons (Fsp3) is 0.407. The molecule has 0 amide bonds. The van der Waals surface area contributed by atoms with Gasteiger partial charge in [0.2, 0.25) is 0 Å². The van der Waals surface area contributed by atoms with Gasteiger partial charge < -0.3 is 0 Å². The van der Waals surface area contributed by atoms with Gasteiger partial charge >= 0.3 is 0 Å². The quantitative estimate of drug-likeness (QED) is 0.356. The molecule has 0 saturated heterocycles. The van der Waals surface area contributed by atoms with Gasteiger partial charge in [0.25, 0.3) is 5.56 Å². The molecule has 1 fully saturated rings. The van der Waals surface area contributed by atoms with E-state index in [9.17, 15) is 4.79 Å². The number of hydrogen-bond donors (Lipinski definition) is 0. The van der Waals surface area contributed by atoms with Crippen molar-refractivity contribution in [3.8, 4) is 11.3 Å². The average Bonchev–Trinajstić information content (AvgIpc) is 2.80. The Morgan fingerprint density at radius 2 is 1.74 bits per heavy atom. The van der Waals surface area contributed by atoms with Gasteiger partial charge in [0, 0.05) is 16.7 Å². The van der Waals surface area contributed by atoms with Crippen LogP contribution in [0.15, 0.2) is 64.5 Å². The lowest BCUT2D eigenvalue weighted by molar-refractivity contribution is 0.282. The monoisotopic (exact) mass is 430 g/mol. The molecule has 2 aliphatic rings. The Morgan fingerprint density at radius 3 is 2.52 bits per heavy atom. The molecular weight excluding hydrogens is 400 g/mol. The molecule has 0 aliphatic heterocycles. The standard InChI is InChI=1S/C27H30N2OS/c1-2-17-31-26-28-24-22-14-8-7-13-21(22)18-27(15-9-4-10-16-27)23(24)25(30)29(26)19-20-11-5-3-6-12-20/h3,5-8,11-14H,2,4,9-10,15-19H2,1H3. The number of hydrogen-bond acceptors (Lipinski definition) is 3. The third kappa shape index (κ3) is 3.76. The third-order valence-corrected chi connectivity index (χ3v) is 8.08. The molecule has 31 heavy (non-hydrogen) atoms. The van der Waals surface area contributed by atoms with Gasteiger partial charge in [0.15, 0.2) is 5.16 Å². The van der Waals surface area contributed by atoms with Crippen molar-refractivity contribution >= 4 is 11.8 Å². The van der Waals surface area contributed by atoms with Gasteiger partial charge in [-0.15, -0.1) is 0 Å². The minimum Gasteiger partial charge on any atom is -0.283 e. The van der Waals surface area contributed by atoms with Crippen molar-refractivity contribution in [1.29, 1.82) is 0 Å². The summed E-state index contributed by atoms with van der Waals surface area (Å²) in [5.74, 6) is 0.965. The zero-order valence-electron chi connectivity index (χ0n) is 18.3. The van der Waals surface area contributed by atoms with E-state index in [4.69, 9.17) is 4.98 Å². The van der Waals surface area contributed by atoms with Gasteiger partial charge in [-0.3, -0.25) is 9.36 Å². The maximum atomic E-state index is 14.2. The number of fused-ring (bicyclic) bond motifs is 4. The summed E-state index contributed by atoms with van der Waals surface area (Å²) >= 11 is 1.71. The molecule has 1 heterocycles. The third-order valence-electron chi connectivity index (χ3n) is 6.90. The molecule has 5 rings (SSSR count). The number of benzene rings is 2. The highest BCUT2D eigenvalue weighted by molar-refractivity contribution is 7.99. The summed E-state index contributed by atoms with van der Waals surface area (Å²) in [6.45, 7) is 2.76. The van der Waals surface area contributed by atoms with Crippen LogP contribution in [0.4, 0.5) is 0 Å². The van der Waals surface area contributed by atoms with E-state index in [1.165, 1.54) is 24.8 Å². The van der Waals surface area contributed by atoms with Gasteiger partial charge in [0.05, 0.1) is 17.8 Å². The van der Waals surface area contributed by atoms with Crippen molar-refractivity contribution in [1.82, 2.24) is 9.55 Å². The van der Waals surface area contributed by atoms with Gasteiger partial charge in [0.1, 0.15) is 0 Å². The molecule has 3 nitrogen and oxygen atoms in total. The lowest BCUT2D eigenvalue weighted by Gasteiger charge is -2.42. The van der Waals surface area contributed by atoms with Crippen molar-refractivity contribution in [2.75, 3.05) is 5.75 Å². The molecule has 0 bridgehead atoms. The lowest BCUT2D eigenvalue weighted by Crippen LogP contribution is -2.43. The average molecular weight is 431 g/mol. The first-order chi connectivity index (χ1) is 15.2. The Morgan fingerprint density at radius 1 is 1.00 bits per heavy atom. The number of rotatable bonds is 5. The van der Waals surface area contributed by atoms with Crippen LogP contribution in [-0.4, -0.2) is 15.3 Å². The van der Waals surface area contributed by atoms with Crippen LogP contribution < -0.4 is 5.56 Å². The Hall–Kier alpha value is -2.33. The largest absolute Gasteiger partial charge is 0.283 e. The number of aromatic nitrogens is 2.